The molecule has 0 radical (unpaired) electrons. The van der Waals surface area contributed by atoms with Crippen molar-refractivity contribution in [1.82, 2.24) is 5.32 Å². The number of hydrogen-bond acceptors (Lipinski definition) is 3. The molecule has 9 heavy (non-hydrogen) atoms. The molecule has 0 aromatic carbocycles. The Balaban J connectivity index is 2.83. The summed E-state index contributed by atoms with van der Waals surface area (Å²) >= 11 is 5.30. The van der Waals surface area contributed by atoms with E-state index >= 15 is 0 Å². The van der Waals surface area contributed by atoms with Gasteiger partial charge in [0.1, 0.15) is 0 Å². The first-order valence-electron chi connectivity index (χ1n) is 2.38. The first kappa shape index (κ1) is 6.45. The van der Waals surface area contributed by atoms with Crippen LogP contribution in [-0.4, -0.2) is 15.4 Å². The first-order valence-corrected chi connectivity index (χ1v) is 2.76. The van der Waals surface area contributed by atoms with E-state index in [0.29, 0.717) is 0 Å². The summed E-state index contributed by atoms with van der Waals surface area (Å²) in [7, 11) is 0. The number of hydrogen-bond donors (Lipinski definition) is 3. The fourth-order valence-corrected chi connectivity index (χ4v) is 0.608. The summed E-state index contributed by atoms with van der Waals surface area (Å²) in [5.74, 6) is -0.299. The molecule has 1 unspecified atom stereocenters. The lowest BCUT2D eigenvalue weighted by Gasteiger charge is -2.21. The van der Waals surface area contributed by atoms with Gasteiger partial charge in [-0.3, -0.25) is 0 Å². The van der Waals surface area contributed by atoms with Crippen LogP contribution in [0, 0.1) is 0 Å². The molecule has 0 aromatic heterocycles. The quantitative estimate of drug-likeness (QED) is 0.344. The largest absolute Gasteiger partial charge is 0.506 e. The van der Waals surface area contributed by atoms with Gasteiger partial charge in [0.2, 0.25) is 0 Å². The van der Waals surface area contributed by atoms with Gasteiger partial charge in [0.25, 0.3) is 5.18 Å². The molecule has 0 amide bonds. The van der Waals surface area contributed by atoms with Gasteiger partial charge in [-0.2, -0.15) is 0 Å². The van der Waals surface area contributed by atoms with Crippen LogP contribution in [0.4, 0.5) is 0 Å². The Morgan fingerprint density at radius 2 is 2.33 bits per heavy atom. The van der Waals surface area contributed by atoms with Gasteiger partial charge in [-0.25, -0.2) is 0 Å². The average molecular weight is 148 g/mol. The van der Waals surface area contributed by atoms with Crippen molar-refractivity contribution in [2.75, 3.05) is 0 Å². The number of dihydropyridines is 1. The van der Waals surface area contributed by atoms with Crippen LogP contribution >= 0.6 is 11.6 Å². The van der Waals surface area contributed by atoms with Crippen LogP contribution in [0.15, 0.2) is 24.1 Å². The predicted molar refractivity (Wildman–Crippen MR) is 33.8 cm³/mol. The third-order valence-electron chi connectivity index (χ3n) is 0.964. The highest BCUT2D eigenvalue weighted by Gasteiger charge is 2.28. The maximum absolute atomic E-state index is 8.93. The minimum absolute atomic E-state index is 0.299. The van der Waals surface area contributed by atoms with Crippen LogP contribution in [0.3, 0.4) is 0 Å². The van der Waals surface area contributed by atoms with E-state index in [1.165, 1.54) is 18.4 Å². The number of nitrogens with one attached hydrogen (secondary N) is 1. The van der Waals surface area contributed by atoms with Gasteiger partial charge in [-0.05, 0) is 12.2 Å². The summed E-state index contributed by atoms with van der Waals surface area (Å²) in [4.78, 5) is 0. The van der Waals surface area contributed by atoms with Crippen molar-refractivity contribution in [2.24, 2.45) is 0 Å². The molecule has 0 aliphatic carbocycles. The zero-order chi connectivity index (χ0) is 6.91. The maximum atomic E-state index is 8.93. The third kappa shape index (κ3) is 1.17. The van der Waals surface area contributed by atoms with E-state index in [9.17, 15) is 0 Å². The Morgan fingerprint density at radius 3 is 2.67 bits per heavy atom. The van der Waals surface area contributed by atoms with Gasteiger partial charge < -0.3 is 15.5 Å². The summed E-state index contributed by atoms with van der Waals surface area (Å²) in [5, 5.41) is 18.2. The number of halogens is 1. The monoisotopic (exact) mass is 147 g/mol. The number of aliphatic hydroxyl groups is 2. The first-order chi connectivity index (χ1) is 4.13. The summed E-state index contributed by atoms with van der Waals surface area (Å²) < 4.78 is 0. The summed E-state index contributed by atoms with van der Waals surface area (Å²) in [5.41, 5.74) is 0. The minimum Gasteiger partial charge on any atom is -0.506 e. The Bertz CT molecular complexity index is 174. The summed E-state index contributed by atoms with van der Waals surface area (Å²) in [6.07, 6.45) is 4.28. The zero-order valence-corrected chi connectivity index (χ0v) is 5.26. The van der Waals surface area contributed by atoms with E-state index < -0.39 is 5.18 Å². The van der Waals surface area contributed by atoms with Crippen molar-refractivity contribution in [3.63, 3.8) is 0 Å². The van der Waals surface area contributed by atoms with Crippen LogP contribution in [0.1, 0.15) is 0 Å². The van der Waals surface area contributed by atoms with Gasteiger partial charge in [-0.15, -0.1) is 0 Å². The third-order valence-corrected chi connectivity index (χ3v) is 1.27. The minimum atomic E-state index is -1.81. The highest BCUT2D eigenvalue weighted by Crippen LogP contribution is 2.18. The number of allylic oxidation sites excluding steroid dienone is 2. The molecule has 0 saturated carbocycles. The van der Waals surface area contributed by atoms with Crippen LogP contribution in [0.25, 0.3) is 0 Å². The van der Waals surface area contributed by atoms with Crippen LogP contribution in [0.2, 0.25) is 0 Å². The lowest BCUT2D eigenvalue weighted by atomic mass is 10.3. The van der Waals surface area contributed by atoms with E-state index in [1.807, 2.05) is 0 Å². The molecule has 0 spiro atoms. The lowest BCUT2D eigenvalue weighted by Crippen LogP contribution is -2.39. The maximum Gasteiger partial charge on any atom is 0.273 e. The van der Waals surface area contributed by atoms with Crippen molar-refractivity contribution in [3.8, 4) is 0 Å². The van der Waals surface area contributed by atoms with Gasteiger partial charge in [0.05, 0.1) is 0 Å². The fourth-order valence-electron chi connectivity index (χ4n) is 0.482. The van der Waals surface area contributed by atoms with E-state index in [4.69, 9.17) is 21.8 Å². The smallest absolute Gasteiger partial charge is 0.273 e. The molecule has 1 heterocycles. The van der Waals surface area contributed by atoms with Crippen LogP contribution in [0.5, 0.6) is 0 Å². The van der Waals surface area contributed by atoms with Crippen molar-refractivity contribution in [2.45, 2.75) is 5.18 Å². The average Bonchev–Trinajstić information content (AvgIpc) is 1.77. The van der Waals surface area contributed by atoms with Crippen molar-refractivity contribution >= 4 is 11.6 Å². The molecule has 50 valence electrons. The van der Waals surface area contributed by atoms with Crippen molar-refractivity contribution in [1.29, 1.82) is 0 Å². The molecule has 0 bridgehead atoms. The van der Waals surface area contributed by atoms with Gasteiger partial charge in [0, 0.05) is 6.20 Å². The Hall–Kier alpha value is -0.670. The second kappa shape index (κ2) is 1.93. The molecule has 1 aliphatic rings. The van der Waals surface area contributed by atoms with E-state index in [1.54, 1.807) is 0 Å². The molecule has 0 fully saturated rings. The van der Waals surface area contributed by atoms with Crippen molar-refractivity contribution in [3.05, 3.63) is 24.1 Å². The Kier molecular flexibility index (Phi) is 1.38. The summed E-state index contributed by atoms with van der Waals surface area (Å²) in [6.45, 7) is 0. The Labute approximate surface area is 57.3 Å². The fraction of sp³-hybridized carbons (Fsp3) is 0.200. The van der Waals surface area contributed by atoms with Gasteiger partial charge in [0.15, 0.2) is 5.76 Å². The van der Waals surface area contributed by atoms with Crippen LogP contribution < -0.4 is 5.32 Å². The van der Waals surface area contributed by atoms with Crippen LogP contribution in [-0.2, 0) is 0 Å². The lowest BCUT2D eigenvalue weighted by molar-refractivity contribution is 0.0924. The highest BCUT2D eigenvalue weighted by atomic mass is 35.5. The summed E-state index contributed by atoms with van der Waals surface area (Å²) in [6, 6.07) is 0. The molecule has 4 heteroatoms. The van der Waals surface area contributed by atoms with E-state index in [0.717, 1.165) is 0 Å². The molecule has 1 rings (SSSR count). The predicted octanol–water partition coefficient (Wildman–Crippen LogP) is 0.430. The van der Waals surface area contributed by atoms with E-state index in [2.05, 4.69) is 5.32 Å². The normalized spacial score (nSPS) is 33.3. The second-order valence-corrected chi connectivity index (χ2v) is 2.22. The molecule has 3 nitrogen and oxygen atoms in total. The topological polar surface area (TPSA) is 52.5 Å². The zero-order valence-electron chi connectivity index (χ0n) is 4.50. The Morgan fingerprint density at radius 1 is 1.67 bits per heavy atom. The molecule has 1 atom stereocenters. The molecular formula is C5H6ClNO2. The van der Waals surface area contributed by atoms with E-state index in [-0.39, 0.29) is 5.76 Å². The second-order valence-electron chi connectivity index (χ2n) is 1.68. The molecule has 0 saturated heterocycles. The SMILES string of the molecule is OC1=CC=CNC1(O)Cl. The van der Waals surface area contributed by atoms with Crippen molar-refractivity contribution < 1.29 is 10.2 Å². The molecule has 3 N–H and O–H groups in total. The number of aliphatic hydroxyl groups excluding tert-OH is 1. The van der Waals surface area contributed by atoms with Gasteiger partial charge in [-0.1, -0.05) is 11.6 Å². The molecule has 0 aromatic rings. The number of rotatable bonds is 0. The highest BCUT2D eigenvalue weighted by molar-refractivity contribution is 6.24. The molecular weight excluding hydrogens is 142 g/mol. The number of alkyl halides is 1. The van der Waals surface area contributed by atoms with Gasteiger partial charge >= 0.3 is 0 Å². The standard InChI is InChI=1S/C5H6ClNO2/c6-5(9)4(8)2-1-3-7-5/h1-3,7-9H. The molecule has 1 aliphatic heterocycles.